The highest BCUT2D eigenvalue weighted by Crippen LogP contribution is 2.17. The van der Waals surface area contributed by atoms with Crippen LogP contribution in [0.5, 0.6) is 0 Å². The highest BCUT2D eigenvalue weighted by molar-refractivity contribution is 5.77. The standard InChI is InChI=1S/C18H25FN2O3/c19-15-3-1-14(2-4-15)12-24-17-5-8-21(9-6-17)18(22)11-16-13-23-10-7-20-16/h1-4,16-17,20H,5-13H2. The number of likely N-dealkylation sites (tertiary alicyclic amines) is 1. The molecule has 1 aromatic carbocycles. The number of piperidine rings is 1. The van der Waals surface area contributed by atoms with Gasteiger partial charge in [-0.25, -0.2) is 4.39 Å². The van der Waals surface area contributed by atoms with Crippen LogP contribution in [0.3, 0.4) is 0 Å². The van der Waals surface area contributed by atoms with Crippen molar-refractivity contribution in [1.82, 2.24) is 10.2 Å². The van der Waals surface area contributed by atoms with Crippen molar-refractivity contribution >= 4 is 5.91 Å². The number of benzene rings is 1. The lowest BCUT2D eigenvalue weighted by Gasteiger charge is -2.33. The van der Waals surface area contributed by atoms with Crippen LogP contribution in [-0.4, -0.2) is 55.8 Å². The van der Waals surface area contributed by atoms with Crippen molar-refractivity contribution in [3.8, 4) is 0 Å². The molecule has 1 N–H and O–H groups in total. The first-order valence-electron chi connectivity index (χ1n) is 8.65. The number of rotatable bonds is 5. The molecule has 1 aromatic rings. The van der Waals surface area contributed by atoms with Crippen LogP contribution < -0.4 is 5.32 Å². The first-order valence-corrected chi connectivity index (χ1v) is 8.65. The normalized spacial score (nSPS) is 22.5. The molecule has 0 saturated carbocycles. The monoisotopic (exact) mass is 336 g/mol. The van der Waals surface area contributed by atoms with Crippen LogP contribution in [0.2, 0.25) is 0 Å². The van der Waals surface area contributed by atoms with E-state index in [1.165, 1.54) is 12.1 Å². The maximum atomic E-state index is 12.9. The second-order valence-electron chi connectivity index (χ2n) is 6.45. The lowest BCUT2D eigenvalue weighted by molar-refractivity contribution is -0.135. The van der Waals surface area contributed by atoms with E-state index in [0.717, 1.165) is 44.6 Å². The molecule has 5 nitrogen and oxygen atoms in total. The molecule has 3 rings (SSSR count). The minimum absolute atomic E-state index is 0.138. The highest BCUT2D eigenvalue weighted by Gasteiger charge is 2.25. The van der Waals surface area contributed by atoms with Crippen molar-refractivity contribution in [2.45, 2.75) is 38.0 Å². The average molecular weight is 336 g/mol. The van der Waals surface area contributed by atoms with E-state index in [0.29, 0.717) is 19.6 Å². The molecule has 1 amide bonds. The summed E-state index contributed by atoms with van der Waals surface area (Å²) >= 11 is 0. The minimum atomic E-state index is -0.233. The van der Waals surface area contributed by atoms with Gasteiger partial charge in [0.1, 0.15) is 5.82 Å². The molecule has 2 heterocycles. The maximum Gasteiger partial charge on any atom is 0.224 e. The van der Waals surface area contributed by atoms with Crippen LogP contribution in [0.25, 0.3) is 0 Å². The Balaban J connectivity index is 1.37. The van der Waals surface area contributed by atoms with Gasteiger partial charge in [0.2, 0.25) is 5.91 Å². The van der Waals surface area contributed by atoms with Gasteiger partial charge < -0.3 is 19.7 Å². The molecule has 0 radical (unpaired) electrons. The highest BCUT2D eigenvalue weighted by atomic mass is 19.1. The summed E-state index contributed by atoms with van der Waals surface area (Å²) in [6.07, 6.45) is 2.36. The quantitative estimate of drug-likeness (QED) is 0.889. The lowest BCUT2D eigenvalue weighted by atomic mass is 10.1. The first kappa shape index (κ1) is 17.3. The summed E-state index contributed by atoms with van der Waals surface area (Å²) in [5, 5.41) is 3.32. The molecule has 6 heteroatoms. The van der Waals surface area contributed by atoms with Crippen LogP contribution >= 0.6 is 0 Å². The average Bonchev–Trinajstić information content (AvgIpc) is 2.62. The Morgan fingerprint density at radius 3 is 2.71 bits per heavy atom. The van der Waals surface area contributed by atoms with E-state index in [1.54, 1.807) is 12.1 Å². The number of carbonyl (C=O) groups excluding carboxylic acids is 1. The molecule has 1 unspecified atom stereocenters. The van der Waals surface area contributed by atoms with Gasteiger partial charge in [0.15, 0.2) is 0 Å². The fraction of sp³-hybridized carbons (Fsp3) is 0.611. The van der Waals surface area contributed by atoms with Crippen molar-refractivity contribution in [2.24, 2.45) is 0 Å². The van der Waals surface area contributed by atoms with Crippen LogP contribution in [0, 0.1) is 5.82 Å². The number of hydrogen-bond acceptors (Lipinski definition) is 4. The fourth-order valence-electron chi connectivity index (χ4n) is 3.16. The zero-order valence-corrected chi connectivity index (χ0v) is 13.9. The van der Waals surface area contributed by atoms with E-state index >= 15 is 0 Å². The van der Waals surface area contributed by atoms with Crippen LogP contribution in [0.1, 0.15) is 24.8 Å². The third-order valence-corrected chi connectivity index (χ3v) is 4.61. The second-order valence-corrected chi connectivity index (χ2v) is 6.45. The molecule has 0 aliphatic carbocycles. The van der Waals surface area contributed by atoms with E-state index < -0.39 is 0 Å². The van der Waals surface area contributed by atoms with Crippen molar-refractivity contribution in [2.75, 3.05) is 32.8 Å². The SMILES string of the molecule is O=C(CC1COCCN1)N1CCC(OCc2ccc(F)cc2)CC1. The van der Waals surface area contributed by atoms with Gasteiger partial charge in [-0.1, -0.05) is 12.1 Å². The number of ether oxygens (including phenoxy) is 2. The first-order chi connectivity index (χ1) is 11.7. The summed E-state index contributed by atoms with van der Waals surface area (Å²) in [7, 11) is 0. The molecule has 2 aliphatic heterocycles. The Morgan fingerprint density at radius 2 is 2.04 bits per heavy atom. The second kappa shape index (κ2) is 8.55. The minimum Gasteiger partial charge on any atom is -0.378 e. The topological polar surface area (TPSA) is 50.8 Å². The molecule has 0 spiro atoms. The third-order valence-electron chi connectivity index (χ3n) is 4.61. The van der Waals surface area contributed by atoms with Crippen molar-refractivity contribution in [1.29, 1.82) is 0 Å². The van der Waals surface area contributed by atoms with Gasteiger partial charge in [-0.15, -0.1) is 0 Å². The fourth-order valence-corrected chi connectivity index (χ4v) is 3.16. The summed E-state index contributed by atoms with van der Waals surface area (Å²) in [5.41, 5.74) is 0.971. The number of nitrogens with zero attached hydrogens (tertiary/aromatic N) is 1. The smallest absolute Gasteiger partial charge is 0.224 e. The van der Waals surface area contributed by atoms with Gasteiger partial charge in [0, 0.05) is 32.1 Å². The largest absolute Gasteiger partial charge is 0.378 e. The summed E-state index contributed by atoms with van der Waals surface area (Å²) in [4.78, 5) is 14.3. The van der Waals surface area contributed by atoms with Gasteiger partial charge >= 0.3 is 0 Å². The molecule has 2 fully saturated rings. The molecule has 0 bridgehead atoms. The van der Waals surface area contributed by atoms with Crippen molar-refractivity contribution < 1.29 is 18.7 Å². The van der Waals surface area contributed by atoms with Gasteiger partial charge in [-0.2, -0.15) is 0 Å². The van der Waals surface area contributed by atoms with E-state index in [-0.39, 0.29) is 23.9 Å². The number of morpholine rings is 1. The Bertz CT molecular complexity index is 524. The molecule has 2 saturated heterocycles. The third kappa shape index (κ3) is 5.00. The van der Waals surface area contributed by atoms with E-state index in [1.807, 2.05) is 4.90 Å². The van der Waals surface area contributed by atoms with Crippen molar-refractivity contribution in [3.05, 3.63) is 35.6 Å². The molecule has 0 aromatic heterocycles. The summed E-state index contributed by atoms with van der Waals surface area (Å²) in [6, 6.07) is 6.52. The molecular weight excluding hydrogens is 311 g/mol. The van der Waals surface area contributed by atoms with Crippen LogP contribution in [-0.2, 0) is 20.9 Å². The maximum absolute atomic E-state index is 12.9. The van der Waals surface area contributed by atoms with Gasteiger partial charge in [0.25, 0.3) is 0 Å². The Kier molecular flexibility index (Phi) is 6.18. The summed E-state index contributed by atoms with van der Waals surface area (Å²) < 4.78 is 24.2. The van der Waals surface area contributed by atoms with E-state index in [9.17, 15) is 9.18 Å². The van der Waals surface area contributed by atoms with E-state index in [2.05, 4.69) is 5.32 Å². The van der Waals surface area contributed by atoms with Gasteiger partial charge in [-0.3, -0.25) is 4.79 Å². The molecule has 24 heavy (non-hydrogen) atoms. The van der Waals surface area contributed by atoms with Gasteiger partial charge in [0.05, 0.1) is 25.9 Å². The molecule has 2 aliphatic rings. The molecular formula is C18H25FN2O3. The summed E-state index contributed by atoms with van der Waals surface area (Å²) in [6.45, 7) is 4.12. The zero-order valence-electron chi connectivity index (χ0n) is 13.9. The summed E-state index contributed by atoms with van der Waals surface area (Å²) in [5.74, 6) is -0.0431. The van der Waals surface area contributed by atoms with E-state index in [4.69, 9.17) is 9.47 Å². The Labute approximate surface area is 142 Å². The number of amides is 1. The van der Waals surface area contributed by atoms with Crippen LogP contribution in [0.15, 0.2) is 24.3 Å². The molecule has 1 atom stereocenters. The predicted octanol–water partition coefficient (Wildman–Crippen LogP) is 1.71. The number of hydrogen-bond donors (Lipinski definition) is 1. The Morgan fingerprint density at radius 1 is 1.29 bits per heavy atom. The predicted molar refractivity (Wildman–Crippen MR) is 88.0 cm³/mol. The molecule has 132 valence electrons. The lowest BCUT2D eigenvalue weighted by Crippen LogP contribution is -2.47. The van der Waals surface area contributed by atoms with Crippen molar-refractivity contribution in [3.63, 3.8) is 0 Å². The zero-order chi connectivity index (χ0) is 16.8. The number of carbonyl (C=O) groups is 1. The Hall–Kier alpha value is -1.50. The number of halogens is 1. The van der Waals surface area contributed by atoms with Crippen LogP contribution in [0.4, 0.5) is 4.39 Å². The number of nitrogens with one attached hydrogen (secondary N) is 1. The van der Waals surface area contributed by atoms with Gasteiger partial charge in [-0.05, 0) is 30.5 Å².